The van der Waals surface area contributed by atoms with Crippen molar-refractivity contribution in [2.75, 3.05) is 25.9 Å². The van der Waals surface area contributed by atoms with E-state index in [1.54, 1.807) is 17.1 Å². The maximum atomic E-state index is 6.32. The van der Waals surface area contributed by atoms with Crippen LogP contribution in [0.2, 0.25) is 0 Å². The van der Waals surface area contributed by atoms with Gasteiger partial charge in [0, 0.05) is 36.4 Å². The van der Waals surface area contributed by atoms with Crippen molar-refractivity contribution in [3.63, 3.8) is 0 Å². The number of nitrogens with zero attached hydrogens (tertiary/aromatic N) is 7. The summed E-state index contributed by atoms with van der Waals surface area (Å²) >= 11 is 0. The number of nitrogens with one attached hydrogen (secondary N) is 1. The molecule has 0 amide bonds. The van der Waals surface area contributed by atoms with Crippen LogP contribution in [-0.4, -0.2) is 60.4 Å². The molecule has 0 radical (unpaired) electrons. The van der Waals surface area contributed by atoms with E-state index < -0.39 is 0 Å². The predicted octanol–water partition coefficient (Wildman–Crippen LogP) is 3.92. The standard InChI is InChI=1S/C29H31N9/c1-36-16-11-20(12-17-36)33-24-8-5-19-18-21(6-7-22(19)24)38-28(23-4-2-13-31-27(23)30)34-25-9-10-26(35-29(25)38)37-15-3-14-32-37/h2-4,6-7,9-10,13-15,18,20,24,33H,5,8,11-12,16-17H2,1H3,(H2,30,31). The van der Waals surface area contributed by atoms with Crippen molar-refractivity contribution in [1.82, 2.24) is 39.5 Å². The summed E-state index contributed by atoms with van der Waals surface area (Å²) in [6, 6.07) is 17.4. The first-order chi connectivity index (χ1) is 18.6. The van der Waals surface area contributed by atoms with E-state index in [2.05, 4.69) is 50.1 Å². The molecular formula is C29H31N9. The van der Waals surface area contributed by atoms with Crippen LogP contribution in [0.5, 0.6) is 0 Å². The number of nitrogen functional groups attached to an aromatic ring is 1. The minimum absolute atomic E-state index is 0.407. The van der Waals surface area contributed by atoms with Crippen LogP contribution < -0.4 is 11.1 Å². The number of nitrogens with two attached hydrogens (primary N) is 1. The van der Waals surface area contributed by atoms with Crippen molar-refractivity contribution < 1.29 is 0 Å². The normalized spacial score (nSPS) is 18.3. The second kappa shape index (κ2) is 9.34. The molecule has 2 aliphatic rings. The largest absolute Gasteiger partial charge is 0.383 e. The molecule has 4 aromatic heterocycles. The fourth-order valence-corrected chi connectivity index (χ4v) is 5.89. The van der Waals surface area contributed by atoms with Crippen LogP contribution >= 0.6 is 0 Å². The van der Waals surface area contributed by atoms with E-state index in [0.717, 1.165) is 60.0 Å². The van der Waals surface area contributed by atoms with Gasteiger partial charge in [0.2, 0.25) is 0 Å². The van der Waals surface area contributed by atoms with Crippen molar-refractivity contribution in [3.8, 4) is 22.9 Å². The van der Waals surface area contributed by atoms with Gasteiger partial charge in [0.05, 0.1) is 5.56 Å². The van der Waals surface area contributed by atoms with Crippen LogP contribution in [0.1, 0.15) is 36.4 Å². The van der Waals surface area contributed by atoms with E-state index in [1.807, 2.05) is 36.5 Å². The number of rotatable bonds is 5. The zero-order valence-corrected chi connectivity index (χ0v) is 21.5. The van der Waals surface area contributed by atoms with Crippen LogP contribution in [0, 0.1) is 0 Å². The molecule has 1 aromatic carbocycles. The number of aryl methyl sites for hydroxylation is 1. The predicted molar refractivity (Wildman–Crippen MR) is 148 cm³/mol. The smallest absolute Gasteiger partial charge is 0.167 e. The first-order valence-electron chi connectivity index (χ1n) is 13.3. The summed E-state index contributed by atoms with van der Waals surface area (Å²) in [5, 5.41) is 8.32. The Kier molecular flexibility index (Phi) is 5.67. The third-order valence-corrected chi connectivity index (χ3v) is 7.93. The SMILES string of the molecule is CN1CCC(NC2CCc3cc(-n4c(-c5cccnc5N)nc5ccc(-n6cccn6)nc54)ccc32)CC1. The maximum absolute atomic E-state index is 6.32. The summed E-state index contributed by atoms with van der Waals surface area (Å²) in [6.45, 7) is 2.33. The molecule has 1 aliphatic heterocycles. The average Bonchev–Trinajstić information content (AvgIpc) is 3.69. The maximum Gasteiger partial charge on any atom is 0.167 e. The molecule has 7 rings (SSSR count). The van der Waals surface area contributed by atoms with Crippen LogP contribution in [0.15, 0.2) is 67.1 Å². The molecule has 1 aliphatic carbocycles. The zero-order chi connectivity index (χ0) is 25.6. The van der Waals surface area contributed by atoms with E-state index >= 15 is 0 Å². The lowest BCUT2D eigenvalue weighted by atomic mass is 10.0. The summed E-state index contributed by atoms with van der Waals surface area (Å²) in [7, 11) is 2.21. The summed E-state index contributed by atoms with van der Waals surface area (Å²) in [4.78, 5) is 16.7. The van der Waals surface area contributed by atoms with E-state index in [1.165, 1.54) is 24.0 Å². The molecule has 0 bridgehead atoms. The second-order valence-corrected chi connectivity index (χ2v) is 10.4. The number of benzene rings is 1. The van der Waals surface area contributed by atoms with Gasteiger partial charge in [-0.05, 0) is 99.4 Å². The summed E-state index contributed by atoms with van der Waals surface area (Å²) < 4.78 is 3.87. The second-order valence-electron chi connectivity index (χ2n) is 10.4. The Balaban J connectivity index is 1.31. The number of aromatic nitrogens is 6. The Morgan fingerprint density at radius 3 is 2.68 bits per heavy atom. The van der Waals surface area contributed by atoms with E-state index in [4.69, 9.17) is 15.7 Å². The zero-order valence-electron chi connectivity index (χ0n) is 21.5. The number of anilines is 1. The van der Waals surface area contributed by atoms with Gasteiger partial charge in [-0.3, -0.25) is 4.57 Å². The average molecular weight is 506 g/mol. The highest BCUT2D eigenvalue weighted by Gasteiger charge is 2.27. The minimum Gasteiger partial charge on any atom is -0.383 e. The lowest BCUT2D eigenvalue weighted by molar-refractivity contribution is 0.224. The molecule has 5 heterocycles. The van der Waals surface area contributed by atoms with Gasteiger partial charge in [-0.2, -0.15) is 5.10 Å². The Labute approximate surface area is 221 Å². The molecule has 1 fully saturated rings. The Morgan fingerprint density at radius 2 is 1.87 bits per heavy atom. The molecule has 1 saturated heterocycles. The lowest BCUT2D eigenvalue weighted by Crippen LogP contribution is -2.41. The van der Waals surface area contributed by atoms with Gasteiger partial charge in [-0.1, -0.05) is 6.07 Å². The quantitative estimate of drug-likeness (QED) is 0.373. The number of piperidine rings is 1. The molecule has 1 unspecified atom stereocenters. The number of pyridine rings is 2. The molecule has 5 aromatic rings. The van der Waals surface area contributed by atoms with Crippen molar-refractivity contribution in [3.05, 3.63) is 78.2 Å². The number of imidazole rings is 1. The molecule has 9 heteroatoms. The molecule has 0 saturated carbocycles. The van der Waals surface area contributed by atoms with Crippen LogP contribution in [-0.2, 0) is 6.42 Å². The van der Waals surface area contributed by atoms with Crippen LogP contribution in [0.25, 0.3) is 34.1 Å². The molecular weight excluding hydrogens is 474 g/mol. The topological polar surface area (TPSA) is 103 Å². The minimum atomic E-state index is 0.407. The number of likely N-dealkylation sites (tertiary alicyclic amines) is 1. The number of hydrogen-bond acceptors (Lipinski definition) is 7. The highest BCUT2D eigenvalue weighted by atomic mass is 15.3. The Morgan fingerprint density at radius 1 is 0.974 bits per heavy atom. The Bertz CT molecular complexity index is 1600. The third kappa shape index (κ3) is 4.04. The highest BCUT2D eigenvalue weighted by molar-refractivity contribution is 5.83. The number of fused-ring (bicyclic) bond motifs is 2. The molecule has 3 N–H and O–H groups in total. The first-order valence-corrected chi connectivity index (χ1v) is 13.3. The molecule has 192 valence electrons. The van der Waals surface area contributed by atoms with E-state index in [-0.39, 0.29) is 0 Å². The Hall–Kier alpha value is -4.08. The summed E-state index contributed by atoms with van der Waals surface area (Å²) in [5.41, 5.74) is 12.5. The third-order valence-electron chi connectivity index (χ3n) is 7.93. The van der Waals surface area contributed by atoms with Gasteiger partial charge in [-0.15, -0.1) is 0 Å². The fourth-order valence-electron chi connectivity index (χ4n) is 5.89. The molecule has 1 atom stereocenters. The van der Waals surface area contributed by atoms with Gasteiger partial charge in [-0.25, -0.2) is 19.6 Å². The van der Waals surface area contributed by atoms with E-state index in [0.29, 0.717) is 17.9 Å². The first kappa shape index (κ1) is 23.1. The summed E-state index contributed by atoms with van der Waals surface area (Å²) in [5.74, 6) is 1.91. The number of hydrogen-bond donors (Lipinski definition) is 2. The highest BCUT2D eigenvalue weighted by Crippen LogP contribution is 2.36. The van der Waals surface area contributed by atoms with Gasteiger partial charge in [0.15, 0.2) is 17.3 Å². The van der Waals surface area contributed by atoms with Crippen molar-refractivity contribution in [1.29, 1.82) is 0 Å². The van der Waals surface area contributed by atoms with Crippen molar-refractivity contribution >= 4 is 17.0 Å². The molecule has 9 nitrogen and oxygen atoms in total. The van der Waals surface area contributed by atoms with Crippen LogP contribution in [0.3, 0.4) is 0 Å². The van der Waals surface area contributed by atoms with Gasteiger partial charge >= 0.3 is 0 Å². The molecule has 0 spiro atoms. The van der Waals surface area contributed by atoms with Crippen LogP contribution in [0.4, 0.5) is 5.82 Å². The fraction of sp³-hybridized carbons (Fsp3) is 0.310. The van der Waals surface area contributed by atoms with Gasteiger partial charge in [0.25, 0.3) is 0 Å². The molecule has 38 heavy (non-hydrogen) atoms. The van der Waals surface area contributed by atoms with Gasteiger partial charge in [0.1, 0.15) is 11.3 Å². The van der Waals surface area contributed by atoms with E-state index in [9.17, 15) is 0 Å². The van der Waals surface area contributed by atoms with Gasteiger partial charge < -0.3 is 16.0 Å². The lowest BCUT2D eigenvalue weighted by Gasteiger charge is -2.31. The monoisotopic (exact) mass is 505 g/mol. The van der Waals surface area contributed by atoms with Crippen molar-refractivity contribution in [2.24, 2.45) is 0 Å². The van der Waals surface area contributed by atoms with Crippen molar-refractivity contribution in [2.45, 2.75) is 37.8 Å². The summed E-state index contributed by atoms with van der Waals surface area (Å²) in [6.07, 6.45) is 9.94.